The number of aliphatic hydroxyl groups is 8. The largest absolute Gasteiger partial charge is 0.469 e. The maximum Gasteiger partial charge on any atom is 0.310 e. The van der Waals surface area contributed by atoms with Gasteiger partial charge in [0.05, 0.1) is 26.7 Å². The van der Waals surface area contributed by atoms with E-state index in [0.717, 1.165) is 0 Å². The van der Waals surface area contributed by atoms with Gasteiger partial charge in [0.25, 0.3) is 0 Å². The van der Waals surface area contributed by atoms with Crippen LogP contribution in [0.25, 0.3) is 22.3 Å². The van der Waals surface area contributed by atoms with Gasteiger partial charge >= 0.3 is 5.97 Å². The summed E-state index contributed by atoms with van der Waals surface area (Å²) in [5.41, 5.74) is 4.39. The standard InChI is InChI=1S/C33H38O12/c1-43-25(36)13-21-11-17(16-4-2-6-19(10-16)32-30(41)28(39)26(37)23(14-34)44-32)8-9-22(21)18-5-3-7-20(12-18)33-31(42)29(40)27(38)24(15-35)45-33/h2-12,23-24,26-35,37-42H,13-15H2,1H3/t23-,24-,26-,27-,28+,29+,30-,31-,32-,33-/m1/s1. The molecule has 0 amide bonds. The Labute approximate surface area is 259 Å². The highest BCUT2D eigenvalue weighted by atomic mass is 16.6. The van der Waals surface area contributed by atoms with Crippen LogP contribution in [0, 0.1) is 0 Å². The van der Waals surface area contributed by atoms with E-state index in [1.807, 2.05) is 30.3 Å². The average molecular weight is 627 g/mol. The van der Waals surface area contributed by atoms with E-state index in [0.29, 0.717) is 38.9 Å². The number of esters is 1. The van der Waals surface area contributed by atoms with E-state index < -0.39 is 80.2 Å². The molecule has 0 unspecified atom stereocenters. The van der Waals surface area contributed by atoms with Crippen LogP contribution in [0.1, 0.15) is 28.9 Å². The van der Waals surface area contributed by atoms with Crippen molar-refractivity contribution in [3.05, 3.63) is 83.4 Å². The molecule has 0 radical (unpaired) electrons. The number of hydrogen-bond acceptors (Lipinski definition) is 12. The van der Waals surface area contributed by atoms with Crippen LogP contribution >= 0.6 is 0 Å². The molecule has 2 aliphatic heterocycles. The van der Waals surface area contributed by atoms with E-state index in [1.165, 1.54) is 7.11 Å². The van der Waals surface area contributed by atoms with Crippen LogP contribution < -0.4 is 0 Å². The van der Waals surface area contributed by atoms with E-state index in [9.17, 15) is 45.6 Å². The highest BCUT2D eigenvalue weighted by Gasteiger charge is 2.45. The second-order valence-corrected chi connectivity index (χ2v) is 11.4. The summed E-state index contributed by atoms with van der Waals surface area (Å²) in [6, 6.07) is 19.5. The lowest BCUT2D eigenvalue weighted by Crippen LogP contribution is -2.55. The fraction of sp³-hybridized carbons (Fsp3) is 0.424. The highest BCUT2D eigenvalue weighted by Crippen LogP contribution is 2.37. The molecule has 0 aromatic heterocycles. The summed E-state index contributed by atoms with van der Waals surface area (Å²) in [5.74, 6) is -0.478. The molecule has 2 aliphatic rings. The van der Waals surface area contributed by atoms with Gasteiger partial charge in [0.15, 0.2) is 0 Å². The van der Waals surface area contributed by atoms with Crippen molar-refractivity contribution in [3.63, 3.8) is 0 Å². The number of methoxy groups -OCH3 is 1. The first-order valence-electron chi connectivity index (χ1n) is 14.6. The van der Waals surface area contributed by atoms with Crippen LogP contribution in [0.3, 0.4) is 0 Å². The quantitative estimate of drug-likeness (QED) is 0.153. The molecule has 8 N–H and O–H groups in total. The van der Waals surface area contributed by atoms with E-state index in [2.05, 4.69) is 0 Å². The van der Waals surface area contributed by atoms with Crippen molar-refractivity contribution in [1.29, 1.82) is 0 Å². The average Bonchev–Trinajstić information content (AvgIpc) is 3.06. The number of aliphatic hydroxyl groups excluding tert-OH is 8. The molecule has 45 heavy (non-hydrogen) atoms. The molecule has 5 rings (SSSR count). The normalized spacial score (nSPS) is 31.8. The van der Waals surface area contributed by atoms with Crippen molar-refractivity contribution in [2.24, 2.45) is 0 Å². The molecule has 2 saturated heterocycles. The van der Waals surface area contributed by atoms with E-state index in [1.54, 1.807) is 36.4 Å². The van der Waals surface area contributed by atoms with Crippen LogP contribution in [0.4, 0.5) is 0 Å². The van der Waals surface area contributed by atoms with Gasteiger partial charge in [-0.25, -0.2) is 0 Å². The molecule has 0 spiro atoms. The summed E-state index contributed by atoms with van der Waals surface area (Å²) in [6.07, 6.45) is -13.1. The fourth-order valence-corrected chi connectivity index (χ4v) is 5.96. The summed E-state index contributed by atoms with van der Waals surface area (Å²) in [4.78, 5) is 12.5. The summed E-state index contributed by atoms with van der Waals surface area (Å²) in [6.45, 7) is -1.10. The zero-order chi connectivity index (χ0) is 32.4. The summed E-state index contributed by atoms with van der Waals surface area (Å²) < 4.78 is 16.4. The summed E-state index contributed by atoms with van der Waals surface area (Å²) >= 11 is 0. The monoisotopic (exact) mass is 626 g/mol. The fourth-order valence-electron chi connectivity index (χ4n) is 5.96. The second kappa shape index (κ2) is 14.0. The van der Waals surface area contributed by atoms with Crippen LogP contribution in [0.2, 0.25) is 0 Å². The van der Waals surface area contributed by atoms with Crippen molar-refractivity contribution in [2.75, 3.05) is 20.3 Å². The number of benzene rings is 3. The Kier molecular flexibility index (Phi) is 10.3. The molecular formula is C33H38O12. The predicted molar refractivity (Wildman–Crippen MR) is 158 cm³/mol. The van der Waals surface area contributed by atoms with Gasteiger partial charge in [0, 0.05) is 0 Å². The van der Waals surface area contributed by atoms with Gasteiger partial charge in [-0.05, 0) is 57.1 Å². The molecule has 12 nitrogen and oxygen atoms in total. The maximum atomic E-state index is 12.5. The minimum atomic E-state index is -1.53. The third-order valence-corrected chi connectivity index (χ3v) is 8.53. The van der Waals surface area contributed by atoms with Gasteiger partial charge in [0.1, 0.15) is 61.0 Å². The number of hydrogen-bond donors (Lipinski definition) is 8. The molecule has 2 fully saturated rings. The molecule has 3 aromatic carbocycles. The Morgan fingerprint density at radius 3 is 1.64 bits per heavy atom. The number of carbonyl (C=O) groups excluding carboxylic acids is 1. The third-order valence-electron chi connectivity index (χ3n) is 8.53. The van der Waals surface area contributed by atoms with Crippen molar-refractivity contribution in [2.45, 2.75) is 67.5 Å². The number of rotatable bonds is 8. The van der Waals surface area contributed by atoms with Gasteiger partial charge in [-0.3, -0.25) is 4.79 Å². The number of carbonyl (C=O) groups is 1. The van der Waals surface area contributed by atoms with Crippen molar-refractivity contribution in [3.8, 4) is 22.3 Å². The molecule has 12 heteroatoms. The van der Waals surface area contributed by atoms with Gasteiger partial charge < -0.3 is 55.1 Å². The Balaban J connectivity index is 1.49. The van der Waals surface area contributed by atoms with E-state index >= 15 is 0 Å². The Morgan fingerprint density at radius 1 is 0.644 bits per heavy atom. The molecular weight excluding hydrogens is 588 g/mol. The Hall–Kier alpha value is -3.27. The summed E-state index contributed by atoms with van der Waals surface area (Å²) in [5, 5.41) is 81.4. The molecule has 10 atom stereocenters. The second-order valence-electron chi connectivity index (χ2n) is 11.4. The Morgan fingerprint density at radius 2 is 1.13 bits per heavy atom. The van der Waals surface area contributed by atoms with Gasteiger partial charge in [-0.2, -0.15) is 0 Å². The predicted octanol–water partition coefficient (Wildman–Crippen LogP) is -0.234. The van der Waals surface area contributed by atoms with Gasteiger partial charge in [-0.1, -0.05) is 48.5 Å². The number of ether oxygens (including phenoxy) is 3. The van der Waals surface area contributed by atoms with Crippen LogP contribution in [-0.4, -0.2) is 116 Å². The van der Waals surface area contributed by atoms with E-state index in [4.69, 9.17) is 14.2 Å². The highest BCUT2D eigenvalue weighted by molar-refractivity contribution is 5.81. The first kappa shape index (κ1) is 33.1. The van der Waals surface area contributed by atoms with E-state index in [-0.39, 0.29) is 6.42 Å². The zero-order valence-corrected chi connectivity index (χ0v) is 24.5. The lowest BCUT2D eigenvalue weighted by Gasteiger charge is -2.40. The first-order valence-corrected chi connectivity index (χ1v) is 14.6. The van der Waals surface area contributed by atoms with Gasteiger partial charge in [-0.15, -0.1) is 0 Å². The maximum absolute atomic E-state index is 12.5. The van der Waals surface area contributed by atoms with Crippen molar-refractivity contribution >= 4 is 5.97 Å². The summed E-state index contributed by atoms with van der Waals surface area (Å²) in [7, 11) is 1.29. The third kappa shape index (κ3) is 6.67. The van der Waals surface area contributed by atoms with Crippen LogP contribution in [0.15, 0.2) is 66.7 Å². The van der Waals surface area contributed by atoms with Crippen LogP contribution in [0.5, 0.6) is 0 Å². The topological polar surface area (TPSA) is 207 Å². The molecule has 3 aromatic rings. The van der Waals surface area contributed by atoms with Crippen molar-refractivity contribution < 1.29 is 59.9 Å². The molecule has 2 heterocycles. The molecule has 0 saturated carbocycles. The molecule has 0 bridgehead atoms. The van der Waals surface area contributed by atoms with Gasteiger partial charge in [0.2, 0.25) is 0 Å². The minimum absolute atomic E-state index is 0.0731. The Bertz CT molecular complexity index is 1480. The van der Waals surface area contributed by atoms with Crippen LogP contribution in [-0.2, 0) is 25.4 Å². The molecule has 0 aliphatic carbocycles. The lowest BCUT2D eigenvalue weighted by atomic mass is 9.88. The SMILES string of the molecule is COC(=O)Cc1cc(-c2cccc([C@H]3O[C@H](CO)[C@@H](O)[C@H](O)[C@H]3O)c2)ccc1-c1cccc([C@H]2O[C@H](CO)[C@@H](O)[C@H](O)[C@H]2O)c1. The first-order chi connectivity index (χ1) is 21.6. The van der Waals surface area contributed by atoms with Crippen molar-refractivity contribution in [1.82, 2.24) is 0 Å². The zero-order valence-electron chi connectivity index (χ0n) is 24.5. The molecule has 242 valence electrons. The minimum Gasteiger partial charge on any atom is -0.469 e. The lowest BCUT2D eigenvalue weighted by molar-refractivity contribution is -0.231. The smallest absolute Gasteiger partial charge is 0.310 e.